The Kier molecular flexibility index (Phi) is 2.43. The first kappa shape index (κ1) is 8.00. The molecule has 0 aromatic carbocycles. The molecule has 11 heavy (non-hydrogen) atoms. The van der Waals surface area contributed by atoms with Gasteiger partial charge in [0.15, 0.2) is 0 Å². The highest BCUT2D eigenvalue weighted by molar-refractivity contribution is 7.71. The smallest absolute Gasteiger partial charge is 0.145 e. The zero-order chi connectivity index (χ0) is 8.27. The molecule has 0 saturated heterocycles. The van der Waals surface area contributed by atoms with Crippen molar-refractivity contribution in [3.8, 4) is 0 Å². The molecule has 0 aliphatic heterocycles. The molecule has 60 valence electrons. The Morgan fingerprint density at radius 1 is 1.55 bits per heavy atom. The van der Waals surface area contributed by atoms with Crippen LogP contribution in [0.1, 0.15) is 5.69 Å². The molecule has 1 heterocycles. The maximum Gasteiger partial charge on any atom is 0.145 e. The molecule has 0 aliphatic rings. The maximum atomic E-state index is 10.2. The van der Waals surface area contributed by atoms with Crippen molar-refractivity contribution in [2.45, 2.75) is 5.75 Å². The highest BCUT2D eigenvalue weighted by atomic mass is 32.2. The molecular weight excluding hydrogens is 164 g/mol. The van der Waals surface area contributed by atoms with Gasteiger partial charge in [0.05, 0.1) is 11.4 Å². The fraction of sp³-hybridized carbons (Fsp3) is 0.167. The number of nitrogen functional groups attached to an aromatic ring is 1. The maximum absolute atomic E-state index is 10.2. The van der Waals surface area contributed by atoms with Gasteiger partial charge in [-0.2, -0.15) is 0 Å². The molecule has 1 aromatic rings. The normalized spacial score (nSPS) is 10.3. The average Bonchev–Trinajstić information content (AvgIpc) is 1.85. The zero-order valence-corrected chi connectivity index (χ0v) is 6.62. The number of nitrogens with two attached hydrogens (primary N) is 1. The van der Waals surface area contributed by atoms with E-state index < -0.39 is 10.7 Å². The Bertz CT molecular complexity index is 314. The van der Waals surface area contributed by atoms with Crippen LogP contribution in [0.15, 0.2) is 18.3 Å². The Labute approximate surface area is 66.0 Å². The van der Waals surface area contributed by atoms with Gasteiger partial charge in [0.25, 0.3) is 0 Å². The first-order valence-corrected chi connectivity index (χ1v) is 4.37. The van der Waals surface area contributed by atoms with Crippen LogP contribution in [0.25, 0.3) is 0 Å². The summed E-state index contributed by atoms with van der Waals surface area (Å²) in [6.07, 6.45) is 1.49. The van der Waals surface area contributed by atoms with Crippen molar-refractivity contribution in [1.82, 2.24) is 4.98 Å². The number of nitrogens with zero attached hydrogens (tertiary/aromatic N) is 1. The third kappa shape index (κ3) is 2.55. The van der Waals surface area contributed by atoms with Gasteiger partial charge in [-0.1, -0.05) is 0 Å². The molecule has 0 fully saturated rings. The molecule has 0 atom stereocenters. The summed E-state index contributed by atoms with van der Waals surface area (Å²) in [6, 6.07) is 3.16. The monoisotopic (exact) mass is 172 g/mol. The fourth-order valence-electron chi connectivity index (χ4n) is 0.716. The van der Waals surface area contributed by atoms with Crippen molar-refractivity contribution in [3.05, 3.63) is 24.0 Å². The van der Waals surface area contributed by atoms with Crippen LogP contribution in [0.2, 0.25) is 0 Å². The van der Waals surface area contributed by atoms with E-state index in [1.807, 2.05) is 0 Å². The van der Waals surface area contributed by atoms with Crippen LogP contribution in [0, 0.1) is 0 Å². The van der Waals surface area contributed by atoms with E-state index in [0.717, 1.165) is 0 Å². The second kappa shape index (κ2) is 3.34. The number of hydrogen-bond acceptors (Lipinski definition) is 4. The third-order valence-corrected chi connectivity index (χ3v) is 1.71. The quantitative estimate of drug-likeness (QED) is 0.605. The lowest BCUT2D eigenvalue weighted by Gasteiger charge is -1.94. The van der Waals surface area contributed by atoms with Gasteiger partial charge >= 0.3 is 0 Å². The molecule has 2 N–H and O–H groups in total. The van der Waals surface area contributed by atoms with Gasteiger partial charge in [-0.15, -0.1) is 0 Å². The van der Waals surface area contributed by atoms with Gasteiger partial charge in [-0.25, -0.2) is 8.42 Å². The molecular formula is C6H8N2O2S. The summed E-state index contributed by atoms with van der Waals surface area (Å²) < 4.78 is 20.5. The molecule has 5 heteroatoms. The summed E-state index contributed by atoms with van der Waals surface area (Å²) in [4.78, 5) is 3.82. The van der Waals surface area contributed by atoms with Gasteiger partial charge in [-0.05, 0) is 12.1 Å². The Balaban J connectivity index is 2.87. The molecule has 0 aliphatic carbocycles. The predicted molar refractivity (Wildman–Crippen MR) is 42.7 cm³/mol. The fourth-order valence-corrected chi connectivity index (χ4v) is 1.15. The lowest BCUT2D eigenvalue weighted by molar-refractivity contribution is 0.613. The van der Waals surface area contributed by atoms with E-state index in [-0.39, 0.29) is 5.75 Å². The average molecular weight is 172 g/mol. The summed E-state index contributed by atoms with van der Waals surface area (Å²) in [5.74, 6) is -0.0413. The first-order chi connectivity index (χ1) is 5.18. The standard InChI is InChI=1S/C6H8N2O2S/c7-5-1-2-8-6(3-5)4-11(9)10/h1-3,11H,4H2,(H2,7,8). The summed E-state index contributed by atoms with van der Waals surface area (Å²) in [5.41, 5.74) is 6.42. The molecule has 0 bridgehead atoms. The molecule has 0 unspecified atom stereocenters. The number of aromatic nitrogens is 1. The van der Waals surface area contributed by atoms with Crippen LogP contribution in [0.5, 0.6) is 0 Å². The molecule has 0 spiro atoms. The minimum atomic E-state index is -2.41. The number of thiol groups is 1. The summed E-state index contributed by atoms with van der Waals surface area (Å²) in [6.45, 7) is 0. The second-order valence-corrected chi connectivity index (χ2v) is 3.05. The Morgan fingerprint density at radius 2 is 2.27 bits per heavy atom. The number of pyridine rings is 1. The lowest BCUT2D eigenvalue weighted by atomic mass is 10.3. The third-order valence-electron chi connectivity index (χ3n) is 1.13. The largest absolute Gasteiger partial charge is 0.399 e. The number of anilines is 1. The first-order valence-electron chi connectivity index (χ1n) is 3.00. The predicted octanol–water partition coefficient (Wildman–Crippen LogP) is -0.225. The number of rotatable bonds is 2. The Hall–Kier alpha value is -1.10. The summed E-state index contributed by atoms with van der Waals surface area (Å²) in [7, 11) is -2.41. The van der Waals surface area contributed by atoms with Crippen LogP contribution in [-0.2, 0) is 16.5 Å². The number of hydrogen-bond donors (Lipinski definition) is 2. The van der Waals surface area contributed by atoms with Crippen LogP contribution in [0.3, 0.4) is 0 Å². The van der Waals surface area contributed by atoms with Crippen molar-refractivity contribution in [1.29, 1.82) is 0 Å². The van der Waals surface area contributed by atoms with Gasteiger partial charge in [0.2, 0.25) is 0 Å². The second-order valence-electron chi connectivity index (χ2n) is 2.07. The highest BCUT2D eigenvalue weighted by Gasteiger charge is 1.94. The summed E-state index contributed by atoms with van der Waals surface area (Å²) >= 11 is 0. The van der Waals surface area contributed by atoms with Gasteiger partial charge in [0.1, 0.15) is 10.7 Å². The van der Waals surface area contributed by atoms with Crippen LogP contribution in [-0.4, -0.2) is 13.4 Å². The van der Waals surface area contributed by atoms with Gasteiger partial charge in [-0.3, -0.25) is 4.98 Å². The Morgan fingerprint density at radius 3 is 2.82 bits per heavy atom. The van der Waals surface area contributed by atoms with Crippen LogP contribution < -0.4 is 5.73 Å². The minimum absolute atomic E-state index is 0.0413. The van der Waals surface area contributed by atoms with Crippen molar-refractivity contribution in [3.63, 3.8) is 0 Å². The molecule has 0 amide bonds. The highest BCUT2D eigenvalue weighted by Crippen LogP contribution is 2.02. The topological polar surface area (TPSA) is 73.0 Å². The molecule has 4 nitrogen and oxygen atoms in total. The van der Waals surface area contributed by atoms with Crippen molar-refractivity contribution < 1.29 is 8.42 Å². The van der Waals surface area contributed by atoms with Crippen molar-refractivity contribution in [2.24, 2.45) is 0 Å². The molecule has 1 aromatic heterocycles. The zero-order valence-electron chi connectivity index (χ0n) is 5.73. The van der Waals surface area contributed by atoms with Gasteiger partial charge < -0.3 is 5.73 Å². The molecule has 0 saturated carbocycles. The van der Waals surface area contributed by atoms with Gasteiger partial charge in [0, 0.05) is 11.9 Å². The van der Waals surface area contributed by atoms with E-state index in [0.29, 0.717) is 11.4 Å². The summed E-state index contributed by atoms with van der Waals surface area (Å²) in [5, 5.41) is 0. The van der Waals surface area contributed by atoms with E-state index in [4.69, 9.17) is 5.73 Å². The SMILES string of the molecule is Nc1ccnc(C[SH](=O)=O)c1. The van der Waals surface area contributed by atoms with E-state index in [1.165, 1.54) is 6.20 Å². The van der Waals surface area contributed by atoms with Crippen LogP contribution in [0.4, 0.5) is 5.69 Å². The lowest BCUT2D eigenvalue weighted by Crippen LogP contribution is -1.93. The van der Waals surface area contributed by atoms with E-state index in [9.17, 15) is 8.42 Å². The van der Waals surface area contributed by atoms with E-state index >= 15 is 0 Å². The van der Waals surface area contributed by atoms with E-state index in [1.54, 1.807) is 12.1 Å². The van der Waals surface area contributed by atoms with E-state index in [2.05, 4.69) is 4.98 Å². The van der Waals surface area contributed by atoms with Crippen molar-refractivity contribution >= 4 is 16.4 Å². The van der Waals surface area contributed by atoms with Crippen LogP contribution >= 0.6 is 0 Å². The molecule has 1 rings (SSSR count). The molecule has 0 radical (unpaired) electrons. The van der Waals surface area contributed by atoms with Crippen molar-refractivity contribution in [2.75, 3.05) is 5.73 Å². The minimum Gasteiger partial charge on any atom is -0.399 e.